The molecule has 0 aliphatic carbocycles. The van der Waals surface area contributed by atoms with Crippen LogP contribution in [-0.2, 0) is 12.8 Å². The molecule has 0 saturated carbocycles. The number of rotatable bonds is 20. The van der Waals surface area contributed by atoms with Crippen molar-refractivity contribution in [2.24, 2.45) is 0 Å². The van der Waals surface area contributed by atoms with E-state index < -0.39 is 35.5 Å². The third-order valence-electron chi connectivity index (χ3n) is 10.5. The molecule has 0 N–H and O–H groups in total. The van der Waals surface area contributed by atoms with E-state index in [1.807, 2.05) is 24.3 Å². The summed E-state index contributed by atoms with van der Waals surface area (Å²) in [6.45, 7) is 4.36. The van der Waals surface area contributed by atoms with Crippen molar-refractivity contribution in [3.05, 3.63) is 166 Å². The number of carbonyl (C=O) groups excluding carboxylic acids is 4. The third-order valence-corrected chi connectivity index (χ3v) is 10.5. The van der Waals surface area contributed by atoms with Gasteiger partial charge < -0.3 is 18.9 Å². The van der Waals surface area contributed by atoms with E-state index in [1.54, 1.807) is 36.4 Å². The maximum Gasteiger partial charge on any atom is 0.346 e. The molecular formula is C52H50F2O8. The molecule has 0 amide bonds. The smallest absolute Gasteiger partial charge is 0.346 e. The Kier molecular flexibility index (Phi) is 16.1. The van der Waals surface area contributed by atoms with Gasteiger partial charge in [-0.25, -0.2) is 28.0 Å². The van der Waals surface area contributed by atoms with E-state index in [0.29, 0.717) is 21.9 Å². The molecule has 0 aliphatic rings. The normalized spacial score (nSPS) is 11.0. The monoisotopic (exact) mass is 840 g/mol. The Bertz CT molecular complexity index is 2330. The molecule has 0 aliphatic heterocycles. The highest BCUT2D eigenvalue weighted by Crippen LogP contribution is 2.28. The van der Waals surface area contributed by atoms with Crippen molar-refractivity contribution in [1.29, 1.82) is 0 Å². The van der Waals surface area contributed by atoms with Crippen LogP contribution < -0.4 is 18.9 Å². The maximum atomic E-state index is 15.1. The summed E-state index contributed by atoms with van der Waals surface area (Å²) < 4.78 is 51.9. The Balaban J connectivity index is 1.01. The van der Waals surface area contributed by atoms with Crippen molar-refractivity contribution in [3.8, 4) is 23.0 Å². The lowest BCUT2D eigenvalue weighted by Crippen LogP contribution is -2.12. The summed E-state index contributed by atoms with van der Waals surface area (Å²) in [4.78, 5) is 51.5. The van der Waals surface area contributed by atoms with Crippen molar-refractivity contribution >= 4 is 34.6 Å². The van der Waals surface area contributed by atoms with E-state index in [9.17, 15) is 19.2 Å². The summed E-state index contributed by atoms with van der Waals surface area (Å²) in [6, 6.07) is 30.5. The predicted molar refractivity (Wildman–Crippen MR) is 234 cm³/mol. The Labute approximate surface area is 360 Å². The molecule has 320 valence electrons. The number of aryl methyl sites for hydroxylation is 2. The van der Waals surface area contributed by atoms with Gasteiger partial charge in [-0.1, -0.05) is 102 Å². The van der Waals surface area contributed by atoms with Gasteiger partial charge in [-0.2, -0.15) is 0 Å². The summed E-state index contributed by atoms with van der Waals surface area (Å²) in [7, 11) is 0. The Morgan fingerprint density at radius 1 is 0.387 bits per heavy atom. The average molecular weight is 841 g/mol. The van der Waals surface area contributed by atoms with Crippen LogP contribution in [0, 0.1) is 11.6 Å². The number of hydrogen-bond acceptors (Lipinski definition) is 8. The summed E-state index contributed by atoms with van der Waals surface area (Å²) in [5.74, 6) is -5.16. The molecule has 0 radical (unpaired) electrons. The van der Waals surface area contributed by atoms with E-state index in [1.165, 1.54) is 87.1 Å². The van der Waals surface area contributed by atoms with Crippen molar-refractivity contribution in [3.63, 3.8) is 0 Å². The number of hydrogen-bond donors (Lipinski definition) is 0. The third kappa shape index (κ3) is 12.7. The predicted octanol–water partition coefficient (Wildman–Crippen LogP) is 13.0. The summed E-state index contributed by atoms with van der Waals surface area (Å²) in [5, 5.41) is 1.21. The maximum absolute atomic E-state index is 15.1. The largest absolute Gasteiger partial charge is 0.423 e. The van der Waals surface area contributed by atoms with Crippen LogP contribution in [-0.4, -0.2) is 23.9 Å². The number of unbranched alkanes of at least 4 members (excludes halogenated alkanes) is 8. The fourth-order valence-corrected chi connectivity index (χ4v) is 6.92. The van der Waals surface area contributed by atoms with Crippen molar-refractivity contribution in [2.45, 2.75) is 90.9 Å². The van der Waals surface area contributed by atoms with E-state index in [2.05, 4.69) is 13.8 Å². The van der Waals surface area contributed by atoms with Gasteiger partial charge in [0.25, 0.3) is 0 Å². The van der Waals surface area contributed by atoms with Gasteiger partial charge in [0.1, 0.15) is 34.6 Å². The van der Waals surface area contributed by atoms with Gasteiger partial charge in [-0.15, -0.1) is 0 Å². The van der Waals surface area contributed by atoms with Gasteiger partial charge in [-0.3, -0.25) is 0 Å². The first kappa shape index (κ1) is 44.9. The second kappa shape index (κ2) is 22.2. The molecule has 6 rings (SSSR count). The van der Waals surface area contributed by atoms with Crippen LogP contribution in [0.5, 0.6) is 23.0 Å². The van der Waals surface area contributed by atoms with Crippen LogP contribution >= 0.6 is 0 Å². The average Bonchev–Trinajstić information content (AvgIpc) is 3.26. The fraction of sp³-hybridized carbons (Fsp3) is 0.269. The summed E-state index contributed by atoms with van der Waals surface area (Å²) >= 11 is 0. The summed E-state index contributed by atoms with van der Waals surface area (Å²) in [5.41, 5.74) is 2.13. The number of carbonyl (C=O) groups is 4. The second-order valence-electron chi connectivity index (χ2n) is 15.2. The number of esters is 4. The molecule has 0 spiro atoms. The molecule has 0 aromatic heterocycles. The lowest BCUT2D eigenvalue weighted by Gasteiger charge is -2.10. The van der Waals surface area contributed by atoms with Gasteiger partial charge in [0.2, 0.25) is 0 Å². The van der Waals surface area contributed by atoms with Gasteiger partial charge in [-0.05, 0) is 120 Å². The topological polar surface area (TPSA) is 105 Å². The van der Waals surface area contributed by atoms with Crippen LogP contribution in [0.2, 0.25) is 0 Å². The Morgan fingerprint density at radius 3 is 1.13 bits per heavy atom. The molecule has 62 heavy (non-hydrogen) atoms. The zero-order valence-electron chi connectivity index (χ0n) is 35.1. The molecule has 8 nitrogen and oxygen atoms in total. The second-order valence-corrected chi connectivity index (χ2v) is 15.2. The van der Waals surface area contributed by atoms with Crippen LogP contribution in [0.3, 0.4) is 0 Å². The first-order valence-corrected chi connectivity index (χ1v) is 21.3. The minimum absolute atomic E-state index is 0.0732. The van der Waals surface area contributed by atoms with E-state index in [0.717, 1.165) is 61.8 Å². The molecule has 10 heteroatoms. The molecule has 0 unspecified atom stereocenters. The van der Waals surface area contributed by atoms with Crippen molar-refractivity contribution in [1.82, 2.24) is 0 Å². The molecule has 0 bridgehead atoms. The van der Waals surface area contributed by atoms with E-state index in [-0.39, 0.29) is 34.1 Å². The number of benzene rings is 6. The lowest BCUT2D eigenvalue weighted by molar-refractivity contribution is 0.0715. The molecule has 0 fully saturated rings. The van der Waals surface area contributed by atoms with Gasteiger partial charge in [0.05, 0.1) is 22.3 Å². The number of fused-ring (bicyclic) bond motifs is 1. The SMILES string of the molecule is CCCCCCCc1ccc(C(=O)Oc2ccc(C(=O)Oc3ccc4ccc(OC(=O)c5ccc(OC(=O)c6ccc(CCCCCCC)cc6)cc5F)cc4c3)c(F)c2)cc1. The van der Waals surface area contributed by atoms with Gasteiger partial charge in [0, 0.05) is 12.1 Å². The minimum atomic E-state index is -0.987. The molecule has 6 aromatic rings. The van der Waals surface area contributed by atoms with E-state index >= 15 is 8.78 Å². The zero-order valence-corrected chi connectivity index (χ0v) is 35.1. The lowest BCUT2D eigenvalue weighted by atomic mass is 10.0. The summed E-state index contributed by atoms with van der Waals surface area (Å²) in [6.07, 6.45) is 13.6. The minimum Gasteiger partial charge on any atom is -0.423 e. The zero-order chi connectivity index (χ0) is 43.8. The quantitative estimate of drug-likeness (QED) is 0.0425. The standard InChI is InChI=1S/C52H50F2O8/c1-3-5-7-9-11-13-35-15-19-38(20-16-35)49(55)59-43-27-29-45(47(53)33-43)51(57)61-41-25-23-37-24-26-42(32-40(37)31-41)62-52(58)46-30-28-44(34-48(46)54)60-50(56)39-21-17-36(18-22-39)14-12-10-8-6-4-2/h15-34H,3-14H2,1-2H3. The van der Waals surface area contributed by atoms with Crippen LogP contribution in [0.4, 0.5) is 8.78 Å². The Morgan fingerprint density at radius 2 is 0.742 bits per heavy atom. The van der Waals surface area contributed by atoms with Crippen molar-refractivity contribution < 1.29 is 46.9 Å². The molecular weight excluding hydrogens is 791 g/mol. The highest BCUT2D eigenvalue weighted by molar-refractivity contribution is 5.95. The molecule has 6 aromatic carbocycles. The Hall–Kier alpha value is -6.68. The van der Waals surface area contributed by atoms with Crippen LogP contribution in [0.1, 0.15) is 131 Å². The molecule has 0 atom stereocenters. The fourth-order valence-electron chi connectivity index (χ4n) is 6.92. The van der Waals surface area contributed by atoms with E-state index in [4.69, 9.17) is 18.9 Å². The first-order valence-electron chi connectivity index (χ1n) is 21.3. The highest BCUT2D eigenvalue weighted by Gasteiger charge is 2.19. The van der Waals surface area contributed by atoms with Gasteiger partial charge >= 0.3 is 23.9 Å². The first-order chi connectivity index (χ1) is 30.1. The van der Waals surface area contributed by atoms with Crippen LogP contribution in [0.25, 0.3) is 10.8 Å². The number of halogens is 2. The highest BCUT2D eigenvalue weighted by atomic mass is 19.1. The molecule has 0 saturated heterocycles. The molecule has 0 heterocycles. The van der Waals surface area contributed by atoms with Gasteiger partial charge in [0.15, 0.2) is 0 Å². The number of ether oxygens (including phenoxy) is 4. The van der Waals surface area contributed by atoms with Crippen LogP contribution in [0.15, 0.2) is 121 Å². The van der Waals surface area contributed by atoms with Crippen molar-refractivity contribution in [2.75, 3.05) is 0 Å².